The molecule has 0 unspecified atom stereocenters. The monoisotopic (exact) mass is 136 g/mol. The first-order valence-corrected chi connectivity index (χ1v) is 4.28. The zero-order valence-corrected chi connectivity index (χ0v) is 6.15. The van der Waals surface area contributed by atoms with E-state index in [1.165, 1.54) is 32.1 Å². The van der Waals surface area contributed by atoms with Crippen LogP contribution in [0.5, 0.6) is 0 Å². The second-order valence-corrected chi connectivity index (χ2v) is 4.59. The maximum absolute atomic E-state index is 10.9. The number of Topliss-reactive ketones (excluding diaryl/α,β-unsaturated/α-hetero) is 1. The van der Waals surface area contributed by atoms with Crippen LogP contribution in [0.2, 0.25) is 0 Å². The standard InChI is InChI=1S/C9H12O/c10-7-4-9(7)5-8(6-9)2-1-3-8/h1-6H2. The van der Waals surface area contributed by atoms with E-state index in [9.17, 15) is 4.79 Å². The van der Waals surface area contributed by atoms with Crippen molar-refractivity contribution in [1.29, 1.82) is 0 Å². The van der Waals surface area contributed by atoms with Crippen LogP contribution in [-0.4, -0.2) is 5.78 Å². The summed E-state index contributed by atoms with van der Waals surface area (Å²) in [5.74, 6) is 0.560. The normalized spacial score (nSPS) is 37.4. The molecule has 0 aromatic rings. The molecule has 0 atom stereocenters. The van der Waals surface area contributed by atoms with E-state index in [0.29, 0.717) is 11.2 Å². The van der Waals surface area contributed by atoms with Crippen LogP contribution in [0.25, 0.3) is 0 Å². The van der Waals surface area contributed by atoms with Crippen LogP contribution in [0, 0.1) is 10.8 Å². The van der Waals surface area contributed by atoms with Crippen LogP contribution in [0.4, 0.5) is 0 Å². The maximum Gasteiger partial charge on any atom is 0.140 e. The van der Waals surface area contributed by atoms with Crippen molar-refractivity contribution in [3.63, 3.8) is 0 Å². The molecule has 3 saturated carbocycles. The van der Waals surface area contributed by atoms with Gasteiger partial charge < -0.3 is 0 Å². The fourth-order valence-electron chi connectivity index (χ4n) is 3.00. The van der Waals surface area contributed by atoms with E-state index >= 15 is 0 Å². The van der Waals surface area contributed by atoms with Gasteiger partial charge in [-0.3, -0.25) is 4.79 Å². The summed E-state index contributed by atoms with van der Waals surface area (Å²) < 4.78 is 0. The highest BCUT2D eigenvalue weighted by atomic mass is 16.1. The van der Waals surface area contributed by atoms with Gasteiger partial charge in [0, 0.05) is 11.8 Å². The largest absolute Gasteiger partial charge is 0.299 e. The van der Waals surface area contributed by atoms with Gasteiger partial charge in [-0.25, -0.2) is 0 Å². The topological polar surface area (TPSA) is 17.1 Å². The Kier molecular flexibility index (Phi) is 0.637. The van der Waals surface area contributed by atoms with Crippen molar-refractivity contribution in [2.24, 2.45) is 10.8 Å². The summed E-state index contributed by atoms with van der Waals surface area (Å²) in [6.45, 7) is 0. The molecule has 3 aliphatic carbocycles. The third-order valence-electron chi connectivity index (χ3n) is 3.81. The van der Waals surface area contributed by atoms with Crippen molar-refractivity contribution in [3.05, 3.63) is 0 Å². The van der Waals surface area contributed by atoms with Crippen LogP contribution in [-0.2, 0) is 4.79 Å². The molecule has 0 bridgehead atoms. The molecule has 0 aromatic carbocycles. The molecule has 1 nitrogen and oxygen atoms in total. The van der Waals surface area contributed by atoms with Gasteiger partial charge in [0.05, 0.1) is 0 Å². The van der Waals surface area contributed by atoms with Crippen molar-refractivity contribution < 1.29 is 4.79 Å². The lowest BCUT2D eigenvalue weighted by Crippen LogP contribution is -2.44. The lowest BCUT2D eigenvalue weighted by molar-refractivity contribution is -0.121. The minimum absolute atomic E-state index is 0.278. The van der Waals surface area contributed by atoms with Gasteiger partial charge in [0.15, 0.2) is 0 Å². The van der Waals surface area contributed by atoms with Gasteiger partial charge in [0.1, 0.15) is 5.78 Å². The summed E-state index contributed by atoms with van der Waals surface area (Å²) in [5, 5.41) is 0. The number of hydrogen-bond acceptors (Lipinski definition) is 1. The Morgan fingerprint density at radius 3 is 2.10 bits per heavy atom. The lowest BCUT2D eigenvalue weighted by atomic mass is 9.50. The fraction of sp³-hybridized carbons (Fsp3) is 0.889. The van der Waals surface area contributed by atoms with Crippen molar-refractivity contribution in [3.8, 4) is 0 Å². The van der Waals surface area contributed by atoms with Gasteiger partial charge in [-0.15, -0.1) is 0 Å². The molecule has 3 rings (SSSR count). The molecule has 0 aliphatic heterocycles. The molecule has 0 heterocycles. The summed E-state index contributed by atoms with van der Waals surface area (Å²) in [7, 11) is 0. The summed E-state index contributed by atoms with van der Waals surface area (Å²) in [6, 6.07) is 0. The van der Waals surface area contributed by atoms with E-state index in [1.807, 2.05) is 0 Å². The van der Waals surface area contributed by atoms with Crippen molar-refractivity contribution in [2.45, 2.75) is 38.5 Å². The highest BCUT2D eigenvalue weighted by Crippen LogP contribution is 2.72. The predicted octanol–water partition coefficient (Wildman–Crippen LogP) is 1.91. The average molecular weight is 136 g/mol. The minimum Gasteiger partial charge on any atom is -0.299 e. The SMILES string of the molecule is O=C1CC12CC1(CCC1)C2. The molecule has 10 heavy (non-hydrogen) atoms. The zero-order valence-electron chi connectivity index (χ0n) is 6.15. The van der Waals surface area contributed by atoms with Gasteiger partial charge in [-0.2, -0.15) is 0 Å². The molecule has 2 spiro atoms. The van der Waals surface area contributed by atoms with Gasteiger partial charge in [0.2, 0.25) is 0 Å². The Morgan fingerprint density at radius 1 is 1.20 bits per heavy atom. The molecule has 0 radical (unpaired) electrons. The first kappa shape index (κ1) is 5.34. The van der Waals surface area contributed by atoms with Gasteiger partial charge in [0.25, 0.3) is 0 Å². The summed E-state index contributed by atoms with van der Waals surface area (Å²) in [4.78, 5) is 10.9. The Labute approximate surface area is 60.8 Å². The Balaban J connectivity index is 1.76. The molecule has 1 heteroatoms. The van der Waals surface area contributed by atoms with Gasteiger partial charge in [-0.05, 0) is 31.1 Å². The van der Waals surface area contributed by atoms with E-state index in [1.54, 1.807) is 0 Å². The van der Waals surface area contributed by atoms with E-state index in [-0.39, 0.29) is 5.41 Å². The molecule has 0 saturated heterocycles. The molecule has 3 fully saturated rings. The number of carbonyl (C=O) groups is 1. The number of carbonyl (C=O) groups excluding carboxylic acids is 1. The maximum atomic E-state index is 10.9. The van der Waals surface area contributed by atoms with Crippen LogP contribution in [0.1, 0.15) is 38.5 Å². The molecule has 0 aromatic heterocycles. The second-order valence-electron chi connectivity index (χ2n) is 4.59. The van der Waals surface area contributed by atoms with Crippen LogP contribution in [0.3, 0.4) is 0 Å². The molecule has 0 N–H and O–H groups in total. The Morgan fingerprint density at radius 2 is 1.80 bits per heavy atom. The number of hydrogen-bond donors (Lipinski definition) is 0. The summed E-state index contributed by atoms with van der Waals surface area (Å²) in [6.07, 6.45) is 7.71. The van der Waals surface area contributed by atoms with Crippen molar-refractivity contribution in [1.82, 2.24) is 0 Å². The third-order valence-corrected chi connectivity index (χ3v) is 3.81. The first-order valence-electron chi connectivity index (χ1n) is 4.28. The van der Waals surface area contributed by atoms with Crippen LogP contribution >= 0.6 is 0 Å². The Bertz CT molecular complexity index is 205. The van der Waals surface area contributed by atoms with Gasteiger partial charge >= 0.3 is 0 Å². The molecule has 0 amide bonds. The molecule has 3 aliphatic rings. The smallest absolute Gasteiger partial charge is 0.140 e. The summed E-state index contributed by atoms with van der Waals surface area (Å²) >= 11 is 0. The Hall–Kier alpha value is -0.330. The average Bonchev–Trinajstić information content (AvgIpc) is 2.31. The first-order chi connectivity index (χ1) is 4.75. The minimum atomic E-state index is 0.278. The zero-order chi connectivity index (χ0) is 6.82. The highest BCUT2D eigenvalue weighted by Gasteiger charge is 2.68. The molecule has 54 valence electrons. The number of rotatable bonds is 0. The summed E-state index contributed by atoms with van der Waals surface area (Å²) in [5.41, 5.74) is 0.979. The van der Waals surface area contributed by atoms with E-state index in [0.717, 1.165) is 6.42 Å². The second kappa shape index (κ2) is 1.19. The molecular formula is C9H12O. The fourth-order valence-corrected chi connectivity index (χ4v) is 3.00. The quantitative estimate of drug-likeness (QED) is 0.497. The lowest BCUT2D eigenvalue weighted by Gasteiger charge is -2.54. The van der Waals surface area contributed by atoms with E-state index < -0.39 is 0 Å². The van der Waals surface area contributed by atoms with Crippen molar-refractivity contribution >= 4 is 5.78 Å². The third kappa shape index (κ3) is 0.415. The van der Waals surface area contributed by atoms with Crippen LogP contribution < -0.4 is 0 Å². The molecular weight excluding hydrogens is 124 g/mol. The van der Waals surface area contributed by atoms with Crippen molar-refractivity contribution in [2.75, 3.05) is 0 Å². The van der Waals surface area contributed by atoms with E-state index in [2.05, 4.69) is 0 Å². The van der Waals surface area contributed by atoms with Crippen LogP contribution in [0.15, 0.2) is 0 Å². The predicted molar refractivity (Wildman–Crippen MR) is 37.6 cm³/mol. The highest BCUT2D eigenvalue weighted by molar-refractivity contribution is 6.01. The number of ketones is 1. The van der Waals surface area contributed by atoms with E-state index in [4.69, 9.17) is 0 Å². The van der Waals surface area contributed by atoms with Gasteiger partial charge in [-0.1, -0.05) is 6.42 Å².